The molecule has 1 atom stereocenters. The number of anilines is 1. The van der Waals surface area contributed by atoms with E-state index in [1.54, 1.807) is 0 Å². The van der Waals surface area contributed by atoms with Crippen LogP contribution in [0.25, 0.3) is 0 Å². The molecule has 0 saturated carbocycles. The summed E-state index contributed by atoms with van der Waals surface area (Å²) in [4.78, 5) is 13.8. The highest BCUT2D eigenvalue weighted by Crippen LogP contribution is 2.21. The number of quaternary nitrogens is 1. The first kappa shape index (κ1) is 15.8. The Morgan fingerprint density at radius 2 is 1.74 bits per heavy atom. The lowest BCUT2D eigenvalue weighted by Gasteiger charge is -2.25. The number of carbonyl (C=O) groups is 1. The topological polar surface area (TPSA) is 33.5 Å². The zero-order valence-electron chi connectivity index (χ0n) is 14.2. The van der Waals surface area contributed by atoms with Gasteiger partial charge in [0, 0.05) is 17.7 Å². The second kappa shape index (κ2) is 6.55. The molecule has 0 spiro atoms. The number of rotatable bonds is 3. The fourth-order valence-corrected chi connectivity index (χ4v) is 3.58. The van der Waals surface area contributed by atoms with Crippen LogP contribution in [0.3, 0.4) is 0 Å². The lowest BCUT2D eigenvalue weighted by Crippen LogP contribution is -3.12. The van der Waals surface area contributed by atoms with Crippen LogP contribution in [0.5, 0.6) is 0 Å². The van der Waals surface area contributed by atoms with E-state index in [0.717, 1.165) is 36.3 Å². The number of benzene rings is 2. The van der Waals surface area contributed by atoms with Crippen LogP contribution in [0, 0.1) is 20.8 Å². The van der Waals surface area contributed by atoms with Crippen molar-refractivity contribution in [1.82, 2.24) is 0 Å². The number of aryl methyl sites for hydroxylation is 3. The second-order valence-corrected chi connectivity index (χ2v) is 6.69. The van der Waals surface area contributed by atoms with Gasteiger partial charge in [0.15, 0.2) is 6.54 Å². The summed E-state index contributed by atoms with van der Waals surface area (Å²) in [6.07, 6.45) is 1.06. The highest BCUT2D eigenvalue weighted by atomic mass is 16.2. The summed E-state index contributed by atoms with van der Waals surface area (Å²) in [6, 6.07) is 12.8. The number of hydrogen-bond acceptors (Lipinski definition) is 1. The van der Waals surface area contributed by atoms with E-state index in [1.807, 2.05) is 0 Å². The summed E-state index contributed by atoms with van der Waals surface area (Å²) in [5, 5.41) is 3.12. The second-order valence-electron chi connectivity index (χ2n) is 6.69. The van der Waals surface area contributed by atoms with Crippen molar-refractivity contribution in [3.63, 3.8) is 0 Å². The number of fused-ring (bicyclic) bond motifs is 1. The van der Waals surface area contributed by atoms with E-state index in [9.17, 15) is 4.79 Å². The molecule has 3 nitrogen and oxygen atoms in total. The Morgan fingerprint density at radius 3 is 2.43 bits per heavy atom. The lowest BCUT2D eigenvalue weighted by molar-refractivity contribution is -0.907. The third kappa shape index (κ3) is 3.62. The predicted molar refractivity (Wildman–Crippen MR) is 93.8 cm³/mol. The maximum absolute atomic E-state index is 12.5. The summed E-state index contributed by atoms with van der Waals surface area (Å²) >= 11 is 0. The standard InChI is InChI=1S/C20H24N2O/c1-14-10-15(2)20(16(3)11-14)21-19(23)13-22-9-8-17-6-4-5-7-18(17)12-22/h4-7,10-11H,8-9,12-13H2,1-3H3,(H,21,23)/p+1. The molecule has 0 aliphatic carbocycles. The van der Waals surface area contributed by atoms with Crippen LogP contribution >= 0.6 is 0 Å². The summed E-state index contributed by atoms with van der Waals surface area (Å²) in [5.74, 6) is 0.106. The highest BCUT2D eigenvalue weighted by molar-refractivity contribution is 5.93. The van der Waals surface area contributed by atoms with Crippen LogP contribution in [0.1, 0.15) is 27.8 Å². The maximum Gasteiger partial charge on any atom is 0.279 e. The minimum atomic E-state index is 0.106. The van der Waals surface area contributed by atoms with Crippen molar-refractivity contribution < 1.29 is 9.69 Å². The molecule has 1 unspecified atom stereocenters. The van der Waals surface area contributed by atoms with Crippen LogP contribution in [0.4, 0.5) is 5.69 Å². The minimum absolute atomic E-state index is 0.106. The van der Waals surface area contributed by atoms with Crippen molar-refractivity contribution >= 4 is 11.6 Å². The molecule has 1 aliphatic heterocycles. The smallest absolute Gasteiger partial charge is 0.279 e. The van der Waals surface area contributed by atoms with E-state index in [-0.39, 0.29) is 5.91 Å². The van der Waals surface area contributed by atoms with E-state index >= 15 is 0 Å². The van der Waals surface area contributed by atoms with Gasteiger partial charge < -0.3 is 10.2 Å². The lowest BCUT2D eigenvalue weighted by atomic mass is 10.00. The molecular formula is C20H25N2O+. The van der Waals surface area contributed by atoms with Gasteiger partial charge in [-0.3, -0.25) is 4.79 Å². The Kier molecular flexibility index (Phi) is 4.49. The van der Waals surface area contributed by atoms with Crippen molar-refractivity contribution in [2.24, 2.45) is 0 Å². The van der Waals surface area contributed by atoms with E-state index < -0.39 is 0 Å². The summed E-state index contributed by atoms with van der Waals surface area (Å²) in [6.45, 7) is 8.69. The van der Waals surface area contributed by atoms with Gasteiger partial charge in [-0.25, -0.2) is 0 Å². The van der Waals surface area contributed by atoms with Crippen molar-refractivity contribution in [2.75, 3.05) is 18.4 Å². The van der Waals surface area contributed by atoms with Gasteiger partial charge in [-0.2, -0.15) is 0 Å². The zero-order valence-corrected chi connectivity index (χ0v) is 14.2. The highest BCUT2D eigenvalue weighted by Gasteiger charge is 2.21. The van der Waals surface area contributed by atoms with Gasteiger partial charge in [-0.05, 0) is 37.5 Å². The summed E-state index contributed by atoms with van der Waals surface area (Å²) in [5.41, 5.74) is 7.28. The maximum atomic E-state index is 12.5. The average molecular weight is 309 g/mol. The third-order valence-corrected chi connectivity index (χ3v) is 4.66. The Hall–Kier alpha value is -2.13. The first-order chi connectivity index (χ1) is 11.0. The molecule has 3 heteroatoms. The number of nitrogens with one attached hydrogen (secondary N) is 2. The molecule has 2 N–H and O–H groups in total. The fourth-order valence-electron chi connectivity index (χ4n) is 3.58. The average Bonchev–Trinajstić information content (AvgIpc) is 2.51. The number of hydrogen-bond donors (Lipinski definition) is 2. The molecular weight excluding hydrogens is 284 g/mol. The molecule has 3 rings (SSSR count). The van der Waals surface area contributed by atoms with Crippen LogP contribution in [-0.2, 0) is 17.8 Å². The van der Waals surface area contributed by atoms with Crippen LogP contribution in [-0.4, -0.2) is 19.0 Å². The molecule has 1 amide bonds. The predicted octanol–water partition coefficient (Wildman–Crippen LogP) is 2.19. The molecule has 0 fully saturated rings. The minimum Gasteiger partial charge on any atom is -0.323 e. The molecule has 2 aromatic rings. The quantitative estimate of drug-likeness (QED) is 0.895. The molecule has 0 radical (unpaired) electrons. The van der Waals surface area contributed by atoms with Crippen LogP contribution in [0.2, 0.25) is 0 Å². The molecule has 1 heterocycles. The summed E-state index contributed by atoms with van der Waals surface area (Å²) in [7, 11) is 0. The van der Waals surface area contributed by atoms with Crippen molar-refractivity contribution in [2.45, 2.75) is 33.7 Å². The Balaban J connectivity index is 1.65. The SMILES string of the molecule is Cc1cc(C)c(NC(=O)C[NH+]2CCc3ccccc3C2)c(C)c1. The summed E-state index contributed by atoms with van der Waals surface area (Å²) < 4.78 is 0. The zero-order chi connectivity index (χ0) is 16.4. The normalized spacial score (nSPS) is 16.7. The largest absolute Gasteiger partial charge is 0.323 e. The van der Waals surface area contributed by atoms with Gasteiger partial charge >= 0.3 is 0 Å². The van der Waals surface area contributed by atoms with Crippen LogP contribution < -0.4 is 10.2 Å². The first-order valence-corrected chi connectivity index (χ1v) is 8.31. The Labute approximate surface area is 138 Å². The van der Waals surface area contributed by atoms with Gasteiger partial charge in [0.25, 0.3) is 5.91 Å². The molecule has 0 saturated heterocycles. The molecule has 0 aromatic heterocycles. The van der Waals surface area contributed by atoms with Crippen molar-refractivity contribution in [1.29, 1.82) is 0 Å². The van der Waals surface area contributed by atoms with E-state index in [2.05, 4.69) is 62.5 Å². The molecule has 1 aliphatic rings. The molecule has 120 valence electrons. The fraction of sp³-hybridized carbons (Fsp3) is 0.350. The van der Waals surface area contributed by atoms with E-state index in [1.165, 1.54) is 21.6 Å². The number of amides is 1. The van der Waals surface area contributed by atoms with Crippen molar-refractivity contribution in [3.8, 4) is 0 Å². The monoisotopic (exact) mass is 309 g/mol. The van der Waals surface area contributed by atoms with E-state index in [0.29, 0.717) is 6.54 Å². The molecule has 2 aromatic carbocycles. The van der Waals surface area contributed by atoms with Crippen molar-refractivity contribution in [3.05, 3.63) is 64.2 Å². The molecule has 23 heavy (non-hydrogen) atoms. The van der Waals surface area contributed by atoms with Gasteiger partial charge in [0.2, 0.25) is 0 Å². The van der Waals surface area contributed by atoms with E-state index in [4.69, 9.17) is 0 Å². The Bertz CT molecular complexity index is 713. The van der Waals surface area contributed by atoms with Gasteiger partial charge in [-0.15, -0.1) is 0 Å². The third-order valence-electron chi connectivity index (χ3n) is 4.66. The van der Waals surface area contributed by atoms with Gasteiger partial charge in [-0.1, -0.05) is 42.0 Å². The molecule has 0 bridgehead atoms. The van der Waals surface area contributed by atoms with Crippen LogP contribution in [0.15, 0.2) is 36.4 Å². The number of carbonyl (C=O) groups excluding carboxylic acids is 1. The first-order valence-electron chi connectivity index (χ1n) is 8.31. The van der Waals surface area contributed by atoms with Gasteiger partial charge in [0.05, 0.1) is 6.54 Å². The van der Waals surface area contributed by atoms with Gasteiger partial charge in [0.1, 0.15) is 6.54 Å². The Morgan fingerprint density at radius 1 is 1.09 bits per heavy atom.